The Hall–Kier alpha value is -1.75. The Morgan fingerprint density at radius 2 is 2.10 bits per heavy atom. The zero-order valence-electron chi connectivity index (χ0n) is 13.5. The summed E-state index contributed by atoms with van der Waals surface area (Å²) in [6.07, 6.45) is 0.239. The van der Waals surface area contributed by atoms with Gasteiger partial charge in [0.1, 0.15) is 5.75 Å². The number of aryl methyl sites for hydroxylation is 1. The van der Waals surface area contributed by atoms with Crippen molar-refractivity contribution in [3.05, 3.63) is 23.8 Å². The molecular weight excluding hydrogens is 268 g/mol. The summed E-state index contributed by atoms with van der Waals surface area (Å²) >= 11 is 0. The second-order valence-electron chi connectivity index (χ2n) is 6.23. The summed E-state index contributed by atoms with van der Waals surface area (Å²) in [5, 5.41) is 15.0. The van der Waals surface area contributed by atoms with Gasteiger partial charge in [0.15, 0.2) is 0 Å². The molecule has 1 aromatic rings. The molecule has 118 valence electrons. The minimum Gasteiger partial charge on any atom is -0.495 e. The van der Waals surface area contributed by atoms with Crippen LogP contribution in [0.1, 0.15) is 32.8 Å². The molecule has 0 bridgehead atoms. The Morgan fingerprint density at radius 3 is 2.67 bits per heavy atom. The number of carbonyl (C=O) groups excluding carboxylic acids is 1. The van der Waals surface area contributed by atoms with Gasteiger partial charge >= 0.3 is 6.03 Å². The molecule has 5 heteroatoms. The van der Waals surface area contributed by atoms with Gasteiger partial charge in [0.25, 0.3) is 0 Å². The number of nitrogens with one attached hydrogen (secondary N) is 2. The van der Waals surface area contributed by atoms with E-state index < -0.39 is 0 Å². The molecule has 5 nitrogen and oxygen atoms in total. The van der Waals surface area contributed by atoms with Crippen molar-refractivity contribution >= 4 is 11.7 Å². The number of anilines is 1. The van der Waals surface area contributed by atoms with E-state index in [1.165, 1.54) is 0 Å². The predicted molar refractivity (Wildman–Crippen MR) is 84.8 cm³/mol. The molecule has 0 radical (unpaired) electrons. The summed E-state index contributed by atoms with van der Waals surface area (Å²) in [5.74, 6) is 0.633. The standard InChI is InChI=1S/C16H26N2O3/c1-11-6-7-13(14(8-11)21-5)18-15(20)17-10-16(3,4)9-12(2)19/h6-8,12,19H,9-10H2,1-5H3,(H2,17,18,20). The number of ether oxygens (including phenoxy) is 1. The van der Waals surface area contributed by atoms with E-state index in [1.54, 1.807) is 14.0 Å². The lowest BCUT2D eigenvalue weighted by Gasteiger charge is -2.26. The Kier molecular flexibility index (Phi) is 6.03. The monoisotopic (exact) mass is 294 g/mol. The number of urea groups is 1. The molecule has 0 aromatic heterocycles. The lowest BCUT2D eigenvalue weighted by molar-refractivity contribution is 0.129. The van der Waals surface area contributed by atoms with E-state index in [9.17, 15) is 9.90 Å². The molecule has 0 aliphatic carbocycles. The lowest BCUT2D eigenvalue weighted by Crippen LogP contribution is -2.38. The first-order valence-electron chi connectivity index (χ1n) is 7.11. The highest BCUT2D eigenvalue weighted by Gasteiger charge is 2.21. The third kappa shape index (κ3) is 6.04. The van der Waals surface area contributed by atoms with Crippen LogP contribution in [-0.4, -0.2) is 30.9 Å². The number of aliphatic hydroxyl groups is 1. The van der Waals surface area contributed by atoms with Crippen molar-refractivity contribution in [2.75, 3.05) is 19.0 Å². The Labute approximate surface area is 126 Å². The molecule has 21 heavy (non-hydrogen) atoms. The van der Waals surface area contributed by atoms with Crippen LogP contribution in [0.3, 0.4) is 0 Å². The number of amides is 2. The van der Waals surface area contributed by atoms with Gasteiger partial charge in [-0.25, -0.2) is 4.79 Å². The fourth-order valence-corrected chi connectivity index (χ4v) is 2.26. The van der Waals surface area contributed by atoms with Gasteiger partial charge in [-0.3, -0.25) is 0 Å². The van der Waals surface area contributed by atoms with Crippen molar-refractivity contribution in [3.8, 4) is 5.75 Å². The van der Waals surface area contributed by atoms with Crippen molar-refractivity contribution in [1.82, 2.24) is 5.32 Å². The average Bonchev–Trinajstić information content (AvgIpc) is 2.37. The van der Waals surface area contributed by atoms with Crippen LogP contribution < -0.4 is 15.4 Å². The van der Waals surface area contributed by atoms with Crippen molar-refractivity contribution < 1.29 is 14.6 Å². The first kappa shape index (κ1) is 17.3. The smallest absolute Gasteiger partial charge is 0.319 e. The quantitative estimate of drug-likeness (QED) is 0.755. The van der Waals surface area contributed by atoms with Gasteiger partial charge < -0.3 is 20.5 Å². The molecule has 2 amide bonds. The zero-order chi connectivity index (χ0) is 16.0. The molecule has 0 fully saturated rings. The second kappa shape index (κ2) is 7.31. The van der Waals surface area contributed by atoms with Gasteiger partial charge in [-0.05, 0) is 43.4 Å². The van der Waals surface area contributed by atoms with Crippen molar-refractivity contribution in [2.24, 2.45) is 5.41 Å². The molecule has 1 rings (SSSR count). The Balaban J connectivity index is 2.58. The van der Waals surface area contributed by atoms with Crippen LogP contribution >= 0.6 is 0 Å². The van der Waals surface area contributed by atoms with E-state index >= 15 is 0 Å². The van der Waals surface area contributed by atoms with Gasteiger partial charge in [-0.15, -0.1) is 0 Å². The number of carbonyl (C=O) groups is 1. The maximum absolute atomic E-state index is 12.0. The highest BCUT2D eigenvalue weighted by atomic mass is 16.5. The summed E-state index contributed by atoms with van der Waals surface area (Å²) < 4.78 is 5.25. The van der Waals surface area contributed by atoms with Gasteiger partial charge in [0.05, 0.1) is 18.9 Å². The molecule has 0 spiro atoms. The lowest BCUT2D eigenvalue weighted by atomic mass is 9.87. The molecule has 1 unspecified atom stereocenters. The molecule has 1 atom stereocenters. The molecular formula is C16H26N2O3. The first-order valence-corrected chi connectivity index (χ1v) is 7.11. The van der Waals surface area contributed by atoms with Crippen LogP contribution in [0.4, 0.5) is 10.5 Å². The largest absolute Gasteiger partial charge is 0.495 e. The van der Waals surface area contributed by atoms with Crippen LogP contribution in [0.15, 0.2) is 18.2 Å². The highest BCUT2D eigenvalue weighted by Crippen LogP contribution is 2.25. The van der Waals surface area contributed by atoms with Gasteiger partial charge in [0, 0.05) is 6.54 Å². The van der Waals surface area contributed by atoms with Gasteiger partial charge in [0.2, 0.25) is 0 Å². The third-order valence-corrected chi connectivity index (χ3v) is 3.18. The van der Waals surface area contributed by atoms with Crippen molar-refractivity contribution in [3.63, 3.8) is 0 Å². The summed E-state index contributed by atoms with van der Waals surface area (Å²) in [6.45, 7) is 8.21. The summed E-state index contributed by atoms with van der Waals surface area (Å²) in [7, 11) is 1.57. The van der Waals surface area contributed by atoms with Crippen LogP contribution in [0, 0.1) is 12.3 Å². The average molecular weight is 294 g/mol. The number of hydrogen-bond acceptors (Lipinski definition) is 3. The molecule has 0 aliphatic heterocycles. The van der Waals surface area contributed by atoms with E-state index in [0.717, 1.165) is 5.56 Å². The fraction of sp³-hybridized carbons (Fsp3) is 0.562. The number of methoxy groups -OCH3 is 1. The van der Waals surface area contributed by atoms with E-state index in [-0.39, 0.29) is 17.6 Å². The maximum Gasteiger partial charge on any atom is 0.319 e. The molecule has 0 saturated heterocycles. The minimum atomic E-state index is -0.387. The topological polar surface area (TPSA) is 70.6 Å². The number of rotatable bonds is 6. The third-order valence-electron chi connectivity index (χ3n) is 3.18. The molecule has 0 saturated carbocycles. The van der Waals surface area contributed by atoms with E-state index in [4.69, 9.17) is 4.74 Å². The minimum absolute atomic E-state index is 0.164. The first-order chi connectivity index (χ1) is 9.73. The van der Waals surface area contributed by atoms with Crippen molar-refractivity contribution in [1.29, 1.82) is 0 Å². The summed E-state index contributed by atoms with van der Waals surface area (Å²) in [4.78, 5) is 12.0. The highest BCUT2D eigenvalue weighted by molar-refractivity contribution is 5.91. The molecule has 1 aromatic carbocycles. The number of benzene rings is 1. The summed E-state index contributed by atoms with van der Waals surface area (Å²) in [6, 6.07) is 5.31. The van der Waals surface area contributed by atoms with Gasteiger partial charge in [-0.2, -0.15) is 0 Å². The zero-order valence-corrected chi connectivity index (χ0v) is 13.5. The summed E-state index contributed by atoms with van der Waals surface area (Å²) in [5.41, 5.74) is 1.54. The number of hydrogen-bond donors (Lipinski definition) is 3. The Morgan fingerprint density at radius 1 is 1.43 bits per heavy atom. The molecule has 3 N–H and O–H groups in total. The van der Waals surface area contributed by atoms with E-state index in [1.807, 2.05) is 39.0 Å². The fourth-order valence-electron chi connectivity index (χ4n) is 2.26. The normalized spacial score (nSPS) is 12.7. The van der Waals surface area contributed by atoms with Crippen LogP contribution in [0.2, 0.25) is 0 Å². The number of aliphatic hydroxyl groups excluding tert-OH is 1. The Bertz CT molecular complexity index is 484. The SMILES string of the molecule is COc1cc(C)ccc1NC(=O)NCC(C)(C)CC(C)O. The molecule has 0 heterocycles. The maximum atomic E-state index is 12.0. The van der Waals surface area contributed by atoms with Crippen LogP contribution in [-0.2, 0) is 0 Å². The van der Waals surface area contributed by atoms with E-state index in [0.29, 0.717) is 24.4 Å². The second-order valence-corrected chi connectivity index (χ2v) is 6.23. The van der Waals surface area contributed by atoms with Crippen LogP contribution in [0.5, 0.6) is 5.75 Å². The van der Waals surface area contributed by atoms with Crippen molar-refractivity contribution in [2.45, 2.75) is 40.2 Å². The van der Waals surface area contributed by atoms with Crippen LogP contribution in [0.25, 0.3) is 0 Å². The predicted octanol–water partition coefficient (Wildman–Crippen LogP) is 2.92. The van der Waals surface area contributed by atoms with Gasteiger partial charge in [-0.1, -0.05) is 19.9 Å². The molecule has 0 aliphatic rings. The van der Waals surface area contributed by atoms with E-state index in [2.05, 4.69) is 10.6 Å².